The van der Waals surface area contributed by atoms with Crippen molar-refractivity contribution in [3.8, 4) is 0 Å². The Hall–Kier alpha value is -0.830. The fourth-order valence-corrected chi connectivity index (χ4v) is 2.37. The topological polar surface area (TPSA) is 29.0 Å². The number of nitrogens with zero attached hydrogens (tertiary/aromatic N) is 3. The standard InChI is InChI=1S/C13H20ClN3/c1-13(2)4-3-6-17(7-5-13)12-10-15-11(8-14)9-16-12/h9-10H,3-8H2,1-2H3. The molecule has 1 aliphatic rings. The second-order valence-electron chi connectivity index (χ2n) is 5.50. The molecule has 1 aliphatic heterocycles. The Morgan fingerprint density at radius 2 is 2.06 bits per heavy atom. The van der Waals surface area contributed by atoms with Gasteiger partial charge in [0.05, 0.1) is 24.0 Å². The SMILES string of the molecule is CC1(C)CCCN(c2cnc(CCl)cn2)CC1. The summed E-state index contributed by atoms with van der Waals surface area (Å²) in [6, 6.07) is 0. The van der Waals surface area contributed by atoms with Crippen LogP contribution in [0.1, 0.15) is 38.8 Å². The predicted octanol–water partition coefficient (Wildman–Crippen LogP) is 3.23. The Kier molecular flexibility index (Phi) is 3.87. The molecule has 2 heterocycles. The molecule has 1 fully saturated rings. The van der Waals surface area contributed by atoms with Crippen LogP contribution < -0.4 is 4.90 Å². The van der Waals surface area contributed by atoms with Gasteiger partial charge in [0, 0.05) is 13.1 Å². The molecule has 0 amide bonds. The van der Waals surface area contributed by atoms with Crippen molar-refractivity contribution in [1.29, 1.82) is 0 Å². The van der Waals surface area contributed by atoms with Crippen LogP contribution in [0, 0.1) is 5.41 Å². The number of halogens is 1. The third-order valence-corrected chi connectivity index (χ3v) is 3.77. The lowest BCUT2D eigenvalue weighted by Crippen LogP contribution is -2.26. The number of rotatable bonds is 2. The molecule has 0 atom stereocenters. The maximum Gasteiger partial charge on any atom is 0.147 e. The van der Waals surface area contributed by atoms with Crippen LogP contribution in [-0.4, -0.2) is 23.1 Å². The van der Waals surface area contributed by atoms with Gasteiger partial charge in [-0.25, -0.2) is 4.98 Å². The lowest BCUT2D eigenvalue weighted by molar-refractivity contribution is 0.325. The summed E-state index contributed by atoms with van der Waals surface area (Å²) >= 11 is 5.71. The average molecular weight is 254 g/mol. The van der Waals surface area contributed by atoms with Gasteiger partial charge in [-0.2, -0.15) is 0 Å². The highest BCUT2D eigenvalue weighted by Crippen LogP contribution is 2.30. The first kappa shape index (κ1) is 12.6. The molecule has 1 saturated heterocycles. The van der Waals surface area contributed by atoms with E-state index in [1.807, 2.05) is 6.20 Å². The van der Waals surface area contributed by atoms with E-state index >= 15 is 0 Å². The fraction of sp³-hybridized carbons (Fsp3) is 0.692. The Balaban J connectivity index is 2.06. The molecular formula is C13H20ClN3. The van der Waals surface area contributed by atoms with Crippen LogP contribution >= 0.6 is 11.6 Å². The number of hydrogen-bond donors (Lipinski definition) is 0. The minimum Gasteiger partial charge on any atom is -0.355 e. The molecule has 2 rings (SSSR count). The maximum absolute atomic E-state index is 5.71. The van der Waals surface area contributed by atoms with E-state index in [-0.39, 0.29) is 0 Å². The van der Waals surface area contributed by atoms with Crippen LogP contribution in [0.5, 0.6) is 0 Å². The molecule has 0 spiro atoms. The lowest BCUT2D eigenvalue weighted by Gasteiger charge is -2.23. The van der Waals surface area contributed by atoms with Crippen LogP contribution in [0.4, 0.5) is 5.82 Å². The number of aromatic nitrogens is 2. The summed E-state index contributed by atoms with van der Waals surface area (Å²) in [5.74, 6) is 1.41. The van der Waals surface area contributed by atoms with Crippen LogP contribution in [-0.2, 0) is 5.88 Å². The molecule has 1 aromatic rings. The van der Waals surface area contributed by atoms with E-state index in [2.05, 4.69) is 28.7 Å². The van der Waals surface area contributed by atoms with Crippen molar-refractivity contribution in [3.63, 3.8) is 0 Å². The summed E-state index contributed by atoms with van der Waals surface area (Å²) in [6.07, 6.45) is 7.35. The quantitative estimate of drug-likeness (QED) is 0.758. The monoisotopic (exact) mass is 253 g/mol. The van der Waals surface area contributed by atoms with Crippen molar-refractivity contribution in [2.75, 3.05) is 18.0 Å². The number of anilines is 1. The molecule has 4 heteroatoms. The van der Waals surface area contributed by atoms with Gasteiger partial charge < -0.3 is 4.90 Å². The molecule has 0 saturated carbocycles. The van der Waals surface area contributed by atoms with Crippen LogP contribution in [0.2, 0.25) is 0 Å². The average Bonchev–Trinajstić information content (AvgIpc) is 2.50. The summed E-state index contributed by atoms with van der Waals surface area (Å²) in [7, 11) is 0. The maximum atomic E-state index is 5.71. The highest BCUT2D eigenvalue weighted by Gasteiger charge is 2.23. The summed E-state index contributed by atoms with van der Waals surface area (Å²) in [4.78, 5) is 11.1. The van der Waals surface area contributed by atoms with Crippen molar-refractivity contribution >= 4 is 17.4 Å². The third kappa shape index (κ3) is 3.32. The Bertz CT molecular complexity index is 361. The van der Waals surface area contributed by atoms with Gasteiger partial charge in [-0.3, -0.25) is 4.98 Å². The van der Waals surface area contributed by atoms with Crippen molar-refractivity contribution in [1.82, 2.24) is 9.97 Å². The van der Waals surface area contributed by atoms with E-state index in [0.717, 1.165) is 24.6 Å². The molecule has 0 radical (unpaired) electrons. The minimum absolute atomic E-state index is 0.431. The third-order valence-electron chi connectivity index (χ3n) is 3.49. The first-order valence-electron chi connectivity index (χ1n) is 6.22. The number of alkyl halides is 1. The van der Waals surface area contributed by atoms with E-state index < -0.39 is 0 Å². The lowest BCUT2D eigenvalue weighted by atomic mass is 9.85. The van der Waals surface area contributed by atoms with Gasteiger partial charge in [-0.1, -0.05) is 13.8 Å². The largest absolute Gasteiger partial charge is 0.355 e. The molecule has 0 unspecified atom stereocenters. The minimum atomic E-state index is 0.431. The van der Waals surface area contributed by atoms with Crippen LogP contribution in [0.15, 0.2) is 12.4 Å². The molecule has 0 bridgehead atoms. The Morgan fingerprint density at radius 3 is 2.71 bits per heavy atom. The first-order valence-corrected chi connectivity index (χ1v) is 6.76. The van der Waals surface area contributed by atoms with Gasteiger partial charge in [0.1, 0.15) is 5.82 Å². The second-order valence-corrected chi connectivity index (χ2v) is 5.77. The van der Waals surface area contributed by atoms with E-state index in [9.17, 15) is 0 Å². The summed E-state index contributed by atoms with van der Waals surface area (Å²) in [5.41, 5.74) is 1.30. The zero-order chi connectivity index (χ0) is 12.3. The molecule has 0 N–H and O–H groups in total. The van der Waals surface area contributed by atoms with Crippen molar-refractivity contribution in [2.24, 2.45) is 5.41 Å². The van der Waals surface area contributed by atoms with Gasteiger partial charge in [0.2, 0.25) is 0 Å². The second kappa shape index (κ2) is 5.21. The molecule has 0 aromatic carbocycles. The Morgan fingerprint density at radius 1 is 1.24 bits per heavy atom. The first-order chi connectivity index (χ1) is 8.11. The zero-order valence-corrected chi connectivity index (χ0v) is 11.4. The predicted molar refractivity (Wildman–Crippen MR) is 71.4 cm³/mol. The van der Waals surface area contributed by atoms with E-state index in [4.69, 9.17) is 11.6 Å². The molecular weight excluding hydrogens is 234 g/mol. The van der Waals surface area contributed by atoms with Crippen LogP contribution in [0.25, 0.3) is 0 Å². The van der Waals surface area contributed by atoms with E-state index in [0.29, 0.717) is 11.3 Å². The van der Waals surface area contributed by atoms with Crippen molar-refractivity contribution < 1.29 is 0 Å². The fourth-order valence-electron chi connectivity index (χ4n) is 2.23. The summed E-state index contributed by atoms with van der Waals surface area (Å²) < 4.78 is 0. The van der Waals surface area contributed by atoms with Gasteiger partial charge in [0.25, 0.3) is 0 Å². The normalized spacial score (nSPS) is 20.1. The smallest absolute Gasteiger partial charge is 0.147 e. The molecule has 94 valence electrons. The van der Waals surface area contributed by atoms with E-state index in [1.54, 1.807) is 6.20 Å². The van der Waals surface area contributed by atoms with E-state index in [1.165, 1.54) is 19.3 Å². The highest BCUT2D eigenvalue weighted by atomic mass is 35.5. The summed E-state index contributed by atoms with van der Waals surface area (Å²) in [6.45, 7) is 6.85. The van der Waals surface area contributed by atoms with Gasteiger partial charge in [0.15, 0.2) is 0 Å². The van der Waals surface area contributed by atoms with Gasteiger partial charge in [-0.05, 0) is 24.7 Å². The van der Waals surface area contributed by atoms with Gasteiger partial charge >= 0.3 is 0 Å². The number of hydrogen-bond acceptors (Lipinski definition) is 3. The van der Waals surface area contributed by atoms with Crippen LogP contribution in [0.3, 0.4) is 0 Å². The highest BCUT2D eigenvalue weighted by molar-refractivity contribution is 6.16. The van der Waals surface area contributed by atoms with Crippen molar-refractivity contribution in [3.05, 3.63) is 18.1 Å². The summed E-state index contributed by atoms with van der Waals surface area (Å²) in [5, 5.41) is 0. The zero-order valence-electron chi connectivity index (χ0n) is 10.6. The van der Waals surface area contributed by atoms with Gasteiger partial charge in [-0.15, -0.1) is 11.6 Å². The molecule has 1 aromatic heterocycles. The molecule has 3 nitrogen and oxygen atoms in total. The van der Waals surface area contributed by atoms with Crippen molar-refractivity contribution in [2.45, 2.75) is 39.0 Å². The molecule has 0 aliphatic carbocycles. The Labute approximate surface area is 108 Å². The molecule has 17 heavy (non-hydrogen) atoms.